The molecule has 1 aliphatic heterocycles. The molecular formula is C13H17N. The van der Waals surface area contributed by atoms with Gasteiger partial charge in [0.2, 0.25) is 0 Å². The van der Waals surface area contributed by atoms with Crippen molar-refractivity contribution in [3.8, 4) is 0 Å². The summed E-state index contributed by atoms with van der Waals surface area (Å²) >= 11 is 0. The summed E-state index contributed by atoms with van der Waals surface area (Å²) in [5, 5.41) is 0. The molecule has 1 aromatic rings. The Kier molecular flexibility index (Phi) is 2.06. The maximum absolute atomic E-state index is 2.68. The largest absolute Gasteiger partial charge is 0.300 e. The van der Waals surface area contributed by atoms with Crippen molar-refractivity contribution in [2.75, 3.05) is 13.1 Å². The predicted molar refractivity (Wildman–Crippen MR) is 58.4 cm³/mol. The number of hydrogen-bond acceptors (Lipinski definition) is 1. The topological polar surface area (TPSA) is 3.24 Å². The van der Waals surface area contributed by atoms with Crippen LogP contribution < -0.4 is 0 Å². The van der Waals surface area contributed by atoms with Crippen LogP contribution in [0, 0.1) is 0 Å². The molecule has 1 aliphatic carbocycles. The zero-order valence-corrected chi connectivity index (χ0v) is 8.52. The summed E-state index contributed by atoms with van der Waals surface area (Å²) in [6.45, 7) is 2.62. The van der Waals surface area contributed by atoms with E-state index in [4.69, 9.17) is 0 Å². The highest BCUT2D eigenvalue weighted by Gasteiger charge is 2.34. The molecule has 1 unspecified atom stereocenters. The van der Waals surface area contributed by atoms with Crippen LogP contribution >= 0.6 is 0 Å². The molecule has 1 heteroatoms. The first-order valence-corrected chi connectivity index (χ1v) is 5.72. The van der Waals surface area contributed by atoms with E-state index in [9.17, 15) is 0 Å². The van der Waals surface area contributed by atoms with Gasteiger partial charge in [-0.15, -0.1) is 0 Å². The summed E-state index contributed by atoms with van der Waals surface area (Å²) < 4.78 is 0. The number of hydrogen-bond donors (Lipinski definition) is 0. The van der Waals surface area contributed by atoms with E-state index in [1.54, 1.807) is 0 Å². The molecule has 0 spiro atoms. The first-order valence-electron chi connectivity index (χ1n) is 5.72. The molecule has 1 heterocycles. The van der Waals surface area contributed by atoms with Crippen LogP contribution in [0.4, 0.5) is 0 Å². The van der Waals surface area contributed by atoms with Crippen molar-refractivity contribution < 1.29 is 0 Å². The Balaban J connectivity index is 1.70. The van der Waals surface area contributed by atoms with Crippen LogP contribution in [0.25, 0.3) is 0 Å². The van der Waals surface area contributed by atoms with Gasteiger partial charge in [0.15, 0.2) is 0 Å². The van der Waals surface area contributed by atoms with Gasteiger partial charge in [0.05, 0.1) is 0 Å². The van der Waals surface area contributed by atoms with Crippen molar-refractivity contribution >= 4 is 0 Å². The minimum absolute atomic E-state index is 0.803. The zero-order chi connectivity index (χ0) is 9.38. The minimum atomic E-state index is 0.803. The molecule has 1 atom stereocenters. The lowest BCUT2D eigenvalue weighted by Crippen LogP contribution is -2.22. The second-order valence-corrected chi connectivity index (χ2v) is 4.62. The fourth-order valence-corrected chi connectivity index (χ4v) is 2.56. The lowest BCUT2D eigenvalue weighted by molar-refractivity contribution is 0.324. The highest BCUT2D eigenvalue weighted by molar-refractivity contribution is 5.21. The van der Waals surface area contributed by atoms with E-state index >= 15 is 0 Å². The number of nitrogens with zero attached hydrogens (tertiary/aromatic N) is 1. The Morgan fingerprint density at radius 2 is 1.79 bits per heavy atom. The van der Waals surface area contributed by atoms with Gasteiger partial charge in [0, 0.05) is 12.6 Å². The quantitative estimate of drug-likeness (QED) is 0.688. The molecule has 2 fully saturated rings. The van der Waals surface area contributed by atoms with Gasteiger partial charge in [0.25, 0.3) is 0 Å². The Morgan fingerprint density at radius 1 is 1.00 bits per heavy atom. The van der Waals surface area contributed by atoms with E-state index < -0.39 is 0 Å². The van der Waals surface area contributed by atoms with Crippen LogP contribution in [0.3, 0.4) is 0 Å². The van der Waals surface area contributed by atoms with Gasteiger partial charge in [-0.05, 0) is 37.3 Å². The molecule has 0 amide bonds. The summed E-state index contributed by atoms with van der Waals surface area (Å²) in [4.78, 5) is 2.68. The van der Waals surface area contributed by atoms with E-state index in [1.807, 2.05) is 0 Å². The Hall–Kier alpha value is -0.820. The molecule has 2 aliphatic rings. The lowest BCUT2D eigenvalue weighted by atomic mass is 9.99. The van der Waals surface area contributed by atoms with E-state index in [-0.39, 0.29) is 0 Å². The average Bonchev–Trinajstić information content (AvgIpc) is 2.98. The Labute approximate surface area is 85.7 Å². The molecular weight excluding hydrogens is 170 g/mol. The second-order valence-electron chi connectivity index (χ2n) is 4.62. The molecule has 0 bridgehead atoms. The third-order valence-electron chi connectivity index (χ3n) is 3.55. The summed E-state index contributed by atoms with van der Waals surface area (Å²) in [6.07, 6.45) is 4.25. The zero-order valence-electron chi connectivity index (χ0n) is 8.52. The fourth-order valence-electron chi connectivity index (χ4n) is 2.56. The lowest BCUT2D eigenvalue weighted by Gasteiger charge is -2.14. The molecule has 1 saturated carbocycles. The van der Waals surface area contributed by atoms with E-state index in [0.29, 0.717) is 0 Å². The van der Waals surface area contributed by atoms with Crippen molar-refractivity contribution in [2.45, 2.75) is 31.2 Å². The normalized spacial score (nSPS) is 28.1. The van der Waals surface area contributed by atoms with Crippen LogP contribution in [-0.2, 0) is 0 Å². The number of likely N-dealkylation sites (tertiary alicyclic amines) is 1. The molecule has 0 radical (unpaired) electrons. The number of rotatable bonds is 2. The molecule has 1 saturated heterocycles. The fraction of sp³-hybridized carbons (Fsp3) is 0.538. The van der Waals surface area contributed by atoms with Crippen LogP contribution in [0.2, 0.25) is 0 Å². The monoisotopic (exact) mass is 187 g/mol. The molecule has 0 aromatic heterocycles. The molecule has 74 valence electrons. The first-order chi connectivity index (χ1) is 6.93. The maximum atomic E-state index is 2.68. The summed E-state index contributed by atoms with van der Waals surface area (Å²) in [5.41, 5.74) is 1.54. The van der Waals surface area contributed by atoms with Crippen molar-refractivity contribution in [3.63, 3.8) is 0 Å². The standard InChI is InChI=1S/C13H17N/c1-2-4-11(5-3-1)12-8-9-14(10-12)13-6-7-13/h1-5,12-13H,6-10H2. The Morgan fingerprint density at radius 3 is 2.50 bits per heavy atom. The summed E-state index contributed by atoms with van der Waals surface area (Å²) in [5.74, 6) is 0.803. The van der Waals surface area contributed by atoms with Crippen molar-refractivity contribution in [3.05, 3.63) is 35.9 Å². The van der Waals surface area contributed by atoms with Gasteiger partial charge < -0.3 is 0 Å². The third kappa shape index (κ3) is 1.57. The first kappa shape index (κ1) is 8.49. The van der Waals surface area contributed by atoms with Crippen LogP contribution in [-0.4, -0.2) is 24.0 Å². The highest BCUT2D eigenvalue weighted by Crippen LogP contribution is 2.35. The van der Waals surface area contributed by atoms with Gasteiger partial charge in [-0.2, -0.15) is 0 Å². The molecule has 0 N–H and O–H groups in total. The van der Waals surface area contributed by atoms with Crippen LogP contribution in [0.1, 0.15) is 30.7 Å². The smallest absolute Gasteiger partial charge is 0.00966 e. The van der Waals surface area contributed by atoms with Crippen LogP contribution in [0.15, 0.2) is 30.3 Å². The predicted octanol–water partition coefficient (Wildman–Crippen LogP) is 2.64. The van der Waals surface area contributed by atoms with E-state index in [2.05, 4.69) is 35.2 Å². The molecule has 1 aromatic carbocycles. The van der Waals surface area contributed by atoms with Crippen molar-refractivity contribution in [1.29, 1.82) is 0 Å². The summed E-state index contributed by atoms with van der Waals surface area (Å²) in [6, 6.07) is 11.9. The average molecular weight is 187 g/mol. The van der Waals surface area contributed by atoms with E-state index in [1.165, 1.54) is 37.9 Å². The van der Waals surface area contributed by atoms with Gasteiger partial charge in [-0.1, -0.05) is 30.3 Å². The van der Waals surface area contributed by atoms with Gasteiger partial charge in [-0.25, -0.2) is 0 Å². The SMILES string of the molecule is c1ccc(C2CCN(C3CC3)C2)cc1. The minimum Gasteiger partial charge on any atom is -0.300 e. The van der Waals surface area contributed by atoms with Crippen molar-refractivity contribution in [1.82, 2.24) is 4.90 Å². The van der Waals surface area contributed by atoms with Crippen molar-refractivity contribution in [2.24, 2.45) is 0 Å². The highest BCUT2D eigenvalue weighted by atomic mass is 15.2. The summed E-state index contributed by atoms with van der Waals surface area (Å²) in [7, 11) is 0. The third-order valence-corrected chi connectivity index (χ3v) is 3.55. The van der Waals surface area contributed by atoms with Gasteiger partial charge in [-0.3, -0.25) is 4.90 Å². The number of benzene rings is 1. The van der Waals surface area contributed by atoms with E-state index in [0.717, 1.165) is 12.0 Å². The molecule has 14 heavy (non-hydrogen) atoms. The van der Waals surface area contributed by atoms with Crippen LogP contribution in [0.5, 0.6) is 0 Å². The van der Waals surface area contributed by atoms with Gasteiger partial charge in [0.1, 0.15) is 0 Å². The Bertz CT molecular complexity index is 302. The maximum Gasteiger partial charge on any atom is 0.00966 e. The van der Waals surface area contributed by atoms with Gasteiger partial charge >= 0.3 is 0 Å². The molecule has 3 rings (SSSR count). The second kappa shape index (κ2) is 3.39. The molecule has 1 nitrogen and oxygen atoms in total.